The van der Waals surface area contributed by atoms with Crippen molar-refractivity contribution in [1.29, 1.82) is 0 Å². The lowest BCUT2D eigenvalue weighted by molar-refractivity contribution is 0.0819. The van der Waals surface area contributed by atoms with Crippen LogP contribution in [-0.2, 0) is 4.43 Å². The van der Waals surface area contributed by atoms with Crippen molar-refractivity contribution in [3.63, 3.8) is 0 Å². The Morgan fingerprint density at radius 1 is 1.19 bits per heavy atom. The van der Waals surface area contributed by atoms with Crippen molar-refractivity contribution < 1.29 is 4.43 Å². The molecule has 3 rings (SSSR count). The summed E-state index contributed by atoms with van der Waals surface area (Å²) in [7, 11) is -1.54. The van der Waals surface area contributed by atoms with Gasteiger partial charge in [-0.3, -0.25) is 0 Å². The first-order chi connectivity index (χ1) is 10.0. The van der Waals surface area contributed by atoms with Gasteiger partial charge in [0.05, 0.1) is 6.10 Å². The van der Waals surface area contributed by atoms with Crippen molar-refractivity contribution in [2.45, 2.75) is 71.7 Å². The van der Waals surface area contributed by atoms with E-state index in [-0.39, 0.29) is 0 Å². The maximum absolute atomic E-state index is 7.03. The molecule has 0 aromatic heterocycles. The molecule has 0 aromatic carbocycles. The summed E-state index contributed by atoms with van der Waals surface area (Å²) in [5.74, 6) is 0.553. The molecule has 0 heterocycles. The van der Waals surface area contributed by atoms with Gasteiger partial charge in [0.2, 0.25) is 0 Å². The largest absolute Gasteiger partial charge is 0.412 e. The van der Waals surface area contributed by atoms with Crippen molar-refractivity contribution in [2.24, 2.45) is 11.3 Å². The number of fused-ring (bicyclic) bond motifs is 1. The van der Waals surface area contributed by atoms with Gasteiger partial charge in [-0.1, -0.05) is 51.5 Å². The van der Waals surface area contributed by atoms with Crippen LogP contribution in [0.2, 0.25) is 18.1 Å². The second-order valence-electron chi connectivity index (χ2n) is 7.25. The van der Waals surface area contributed by atoms with Gasteiger partial charge in [-0.2, -0.15) is 0 Å². The maximum atomic E-state index is 7.03. The Balaban J connectivity index is 1.97. The molecule has 1 saturated carbocycles. The Hall–Kier alpha value is -0.603. The fraction of sp³-hybridized carbons (Fsp3) is 0.684. The first-order valence-corrected chi connectivity index (χ1v) is 11.3. The van der Waals surface area contributed by atoms with E-state index in [4.69, 9.17) is 4.43 Å². The van der Waals surface area contributed by atoms with E-state index in [1.54, 1.807) is 5.57 Å². The molecule has 1 fully saturated rings. The van der Waals surface area contributed by atoms with Gasteiger partial charge in [-0.25, -0.2) is 0 Å². The molecule has 21 heavy (non-hydrogen) atoms. The summed E-state index contributed by atoms with van der Waals surface area (Å²) < 4.78 is 7.03. The highest BCUT2D eigenvalue weighted by molar-refractivity contribution is 6.73. The van der Waals surface area contributed by atoms with Crippen LogP contribution >= 0.6 is 0 Å². The molecule has 0 unspecified atom stereocenters. The van der Waals surface area contributed by atoms with E-state index in [9.17, 15) is 0 Å². The number of hydrogen-bond donors (Lipinski definition) is 0. The van der Waals surface area contributed by atoms with Crippen LogP contribution in [0.5, 0.6) is 0 Å². The SMILES string of the molecule is CC[Si](CC)(CC)O[C@@H]1[C@H](C)C2=CC=CC2=C(C)C12CC2. The van der Waals surface area contributed by atoms with Gasteiger partial charge in [-0.05, 0) is 49.0 Å². The Labute approximate surface area is 131 Å². The molecule has 3 aliphatic carbocycles. The molecule has 1 spiro atoms. The minimum absolute atomic E-state index is 0.374. The van der Waals surface area contributed by atoms with Crippen LogP contribution < -0.4 is 0 Å². The predicted molar refractivity (Wildman–Crippen MR) is 92.8 cm³/mol. The molecule has 116 valence electrons. The summed E-state index contributed by atoms with van der Waals surface area (Å²) in [4.78, 5) is 0. The van der Waals surface area contributed by atoms with Crippen LogP contribution in [0.25, 0.3) is 0 Å². The Morgan fingerprint density at radius 3 is 2.33 bits per heavy atom. The third-order valence-electron chi connectivity index (χ3n) is 6.59. The highest BCUT2D eigenvalue weighted by atomic mass is 28.4. The van der Waals surface area contributed by atoms with Crippen molar-refractivity contribution in [1.82, 2.24) is 0 Å². The first-order valence-electron chi connectivity index (χ1n) is 8.81. The zero-order valence-corrected chi connectivity index (χ0v) is 15.3. The molecule has 0 radical (unpaired) electrons. The molecule has 2 atom stereocenters. The summed E-state index contributed by atoms with van der Waals surface area (Å²) in [6, 6.07) is 3.77. The molecule has 0 amide bonds. The zero-order valence-electron chi connectivity index (χ0n) is 14.3. The molecule has 2 heteroatoms. The Kier molecular flexibility index (Phi) is 3.82. The Bertz CT molecular complexity index is 509. The smallest absolute Gasteiger partial charge is 0.192 e. The lowest BCUT2D eigenvalue weighted by Gasteiger charge is -2.45. The third kappa shape index (κ3) is 2.14. The van der Waals surface area contributed by atoms with E-state index in [2.05, 4.69) is 52.8 Å². The zero-order chi connectivity index (χ0) is 15.3. The van der Waals surface area contributed by atoms with Gasteiger partial charge < -0.3 is 4.43 Å². The summed E-state index contributed by atoms with van der Waals surface area (Å²) >= 11 is 0. The van der Waals surface area contributed by atoms with Crippen LogP contribution in [0, 0.1) is 11.3 Å². The minimum atomic E-state index is -1.54. The van der Waals surface area contributed by atoms with Gasteiger partial charge in [0.15, 0.2) is 8.32 Å². The van der Waals surface area contributed by atoms with E-state index in [1.807, 2.05) is 0 Å². The van der Waals surface area contributed by atoms with Crippen LogP contribution in [0.15, 0.2) is 34.9 Å². The van der Waals surface area contributed by atoms with Crippen LogP contribution in [-0.4, -0.2) is 14.4 Å². The topological polar surface area (TPSA) is 9.23 Å². The van der Waals surface area contributed by atoms with Gasteiger partial charge in [0, 0.05) is 11.3 Å². The molecular weight excluding hydrogens is 272 g/mol. The molecule has 0 aliphatic heterocycles. The lowest BCUT2D eigenvalue weighted by atomic mass is 9.71. The fourth-order valence-electron chi connectivity index (χ4n) is 4.57. The van der Waals surface area contributed by atoms with Gasteiger partial charge in [0.25, 0.3) is 0 Å². The van der Waals surface area contributed by atoms with E-state index >= 15 is 0 Å². The molecule has 0 N–H and O–H groups in total. The monoisotopic (exact) mass is 302 g/mol. The summed E-state index contributed by atoms with van der Waals surface area (Å²) in [5.41, 5.74) is 5.04. The number of hydrogen-bond acceptors (Lipinski definition) is 1. The standard InChI is InChI=1S/C19H30OSi/c1-6-21(7-2,8-3)20-18-14(4)16-10-9-11-17(16)15(5)19(18)12-13-19/h9-11,14,18H,6-8,12-13H2,1-5H3/t14-,18-/m1/s1. The molecule has 1 nitrogen and oxygen atoms in total. The fourth-order valence-corrected chi connectivity index (χ4v) is 7.54. The minimum Gasteiger partial charge on any atom is -0.412 e. The second kappa shape index (κ2) is 5.24. The summed E-state index contributed by atoms with van der Waals surface area (Å²) in [5, 5.41) is 0. The molecule has 0 aromatic rings. The lowest BCUT2D eigenvalue weighted by Crippen LogP contribution is -2.48. The van der Waals surface area contributed by atoms with E-state index in [1.165, 1.54) is 42.1 Å². The summed E-state index contributed by atoms with van der Waals surface area (Å²) in [6.07, 6.45) is 9.97. The predicted octanol–water partition coefficient (Wildman–Crippen LogP) is 5.62. The van der Waals surface area contributed by atoms with Crippen molar-refractivity contribution >= 4 is 8.32 Å². The molecule has 0 bridgehead atoms. The van der Waals surface area contributed by atoms with E-state index in [0.29, 0.717) is 17.4 Å². The van der Waals surface area contributed by atoms with Crippen molar-refractivity contribution in [3.8, 4) is 0 Å². The average molecular weight is 303 g/mol. The average Bonchev–Trinajstić information content (AvgIpc) is 3.15. The normalized spacial score (nSPS) is 29.9. The number of rotatable bonds is 5. The highest BCUT2D eigenvalue weighted by Crippen LogP contribution is 2.63. The van der Waals surface area contributed by atoms with Crippen molar-refractivity contribution in [2.75, 3.05) is 0 Å². The molecule has 0 saturated heterocycles. The van der Waals surface area contributed by atoms with Gasteiger partial charge in [0.1, 0.15) is 0 Å². The molecular formula is C19H30OSi. The number of allylic oxidation sites excluding steroid dienone is 4. The van der Waals surface area contributed by atoms with Gasteiger partial charge in [-0.15, -0.1) is 0 Å². The third-order valence-corrected chi connectivity index (χ3v) is 11.2. The second-order valence-corrected chi connectivity index (χ2v) is 12.0. The van der Waals surface area contributed by atoms with Gasteiger partial charge >= 0.3 is 0 Å². The van der Waals surface area contributed by atoms with Crippen molar-refractivity contribution in [3.05, 3.63) is 34.9 Å². The molecule has 3 aliphatic rings. The first kappa shape index (κ1) is 15.3. The van der Waals surface area contributed by atoms with Crippen LogP contribution in [0.1, 0.15) is 47.5 Å². The van der Waals surface area contributed by atoms with E-state index in [0.717, 1.165) is 0 Å². The van der Waals surface area contributed by atoms with E-state index < -0.39 is 8.32 Å². The Morgan fingerprint density at radius 2 is 1.81 bits per heavy atom. The maximum Gasteiger partial charge on any atom is 0.192 e. The van der Waals surface area contributed by atoms with Crippen LogP contribution in [0.3, 0.4) is 0 Å². The quantitative estimate of drug-likeness (QED) is 0.599. The highest BCUT2D eigenvalue weighted by Gasteiger charge is 2.58. The van der Waals surface area contributed by atoms with Crippen LogP contribution in [0.4, 0.5) is 0 Å². The summed E-state index contributed by atoms with van der Waals surface area (Å²) in [6.45, 7) is 11.8.